The zero-order chi connectivity index (χ0) is 29.9. The summed E-state index contributed by atoms with van der Waals surface area (Å²) in [6, 6.07) is -2.88. The maximum Gasteiger partial charge on any atom is 0.217 e. The second kappa shape index (κ2) is 14.0. The highest BCUT2D eigenvalue weighted by Gasteiger charge is 2.50. The van der Waals surface area contributed by atoms with Crippen molar-refractivity contribution < 1.29 is 79.2 Å². The molecule has 3 fully saturated rings. The summed E-state index contributed by atoms with van der Waals surface area (Å²) in [5, 5.41) is 98.4. The summed E-state index contributed by atoms with van der Waals surface area (Å²) < 4.78 is 27.2. The number of hydrogen-bond donors (Lipinski definition) is 10. The molecule has 0 saturated carbocycles. The molecule has 3 heterocycles. The summed E-state index contributed by atoms with van der Waals surface area (Å²) in [7, 11) is 0. The van der Waals surface area contributed by atoms with E-state index in [9.17, 15) is 55.5 Å². The van der Waals surface area contributed by atoms with Gasteiger partial charge in [0, 0.05) is 20.1 Å². The molecule has 3 aliphatic heterocycles. The van der Waals surface area contributed by atoms with Gasteiger partial charge >= 0.3 is 0 Å². The molecule has 0 aliphatic carbocycles. The van der Waals surface area contributed by atoms with Gasteiger partial charge in [0.25, 0.3) is 0 Å². The molecule has 3 aliphatic rings. The number of hydrogen-bond acceptors (Lipinski definition) is 16. The molecule has 0 radical (unpaired) electrons. The van der Waals surface area contributed by atoms with Crippen molar-refractivity contribution in [3.8, 4) is 0 Å². The van der Waals surface area contributed by atoms with Crippen molar-refractivity contribution in [1.82, 2.24) is 10.6 Å². The average molecular weight is 586 g/mol. The number of aliphatic hydroxyl groups excluding tert-OH is 8. The van der Waals surface area contributed by atoms with Crippen molar-refractivity contribution in [3.63, 3.8) is 0 Å². The highest BCUT2D eigenvalue weighted by Crippen LogP contribution is 2.29. The third-order valence-electron chi connectivity index (χ3n) is 6.86. The smallest absolute Gasteiger partial charge is 0.217 e. The number of rotatable bonds is 9. The number of amides is 2. The van der Waals surface area contributed by atoms with E-state index in [-0.39, 0.29) is 0 Å². The Morgan fingerprint density at radius 3 is 1.77 bits per heavy atom. The molecule has 15 atom stereocenters. The second-order valence-electron chi connectivity index (χ2n) is 9.82. The number of aliphatic hydroxyl groups is 8. The fourth-order valence-corrected chi connectivity index (χ4v) is 4.74. The Bertz CT molecular complexity index is 852. The van der Waals surface area contributed by atoms with Gasteiger partial charge in [-0.3, -0.25) is 9.59 Å². The van der Waals surface area contributed by atoms with Crippen LogP contribution in [0.1, 0.15) is 13.8 Å². The molecule has 10 N–H and O–H groups in total. The first-order valence-electron chi connectivity index (χ1n) is 12.5. The van der Waals surface area contributed by atoms with Crippen molar-refractivity contribution in [2.24, 2.45) is 0 Å². The summed E-state index contributed by atoms with van der Waals surface area (Å²) in [4.78, 5) is 23.4. The van der Waals surface area contributed by atoms with Crippen LogP contribution in [-0.4, -0.2) is 164 Å². The maximum atomic E-state index is 12.9. The quantitative estimate of drug-likeness (QED) is 0.120. The average Bonchev–Trinajstić information content (AvgIpc) is 2.90. The molecule has 18 nitrogen and oxygen atoms in total. The van der Waals surface area contributed by atoms with Gasteiger partial charge in [-0.25, -0.2) is 0 Å². The maximum absolute atomic E-state index is 12.9. The van der Waals surface area contributed by atoms with Crippen LogP contribution in [0.5, 0.6) is 0 Å². The van der Waals surface area contributed by atoms with E-state index in [0.717, 1.165) is 13.8 Å². The lowest BCUT2D eigenvalue weighted by molar-refractivity contribution is -0.523. The molecular formula is C22H37N2O16-. The van der Waals surface area contributed by atoms with Crippen LogP contribution in [-0.2, 0) is 33.3 Å². The van der Waals surface area contributed by atoms with E-state index in [1.54, 1.807) is 0 Å². The van der Waals surface area contributed by atoms with Crippen LogP contribution in [0.4, 0.5) is 0 Å². The van der Waals surface area contributed by atoms with Gasteiger partial charge in [-0.15, -0.1) is 0 Å². The van der Waals surface area contributed by atoms with Crippen LogP contribution < -0.4 is 15.7 Å². The first-order chi connectivity index (χ1) is 18.8. The van der Waals surface area contributed by atoms with Crippen molar-refractivity contribution in [1.29, 1.82) is 0 Å². The number of carbonyl (C=O) groups is 2. The lowest BCUT2D eigenvalue weighted by Gasteiger charge is -2.50. The highest BCUT2D eigenvalue weighted by molar-refractivity contribution is 5.73. The summed E-state index contributed by atoms with van der Waals surface area (Å²) in [6.45, 7) is 0.0854. The van der Waals surface area contributed by atoms with E-state index in [0.29, 0.717) is 0 Å². The van der Waals surface area contributed by atoms with Crippen LogP contribution in [0.2, 0.25) is 0 Å². The number of nitrogens with one attached hydrogen (secondary N) is 2. The van der Waals surface area contributed by atoms with Crippen LogP contribution >= 0.6 is 0 Å². The molecular weight excluding hydrogens is 548 g/mol. The van der Waals surface area contributed by atoms with Gasteiger partial charge in [-0.2, -0.15) is 0 Å². The van der Waals surface area contributed by atoms with Crippen LogP contribution in [0.25, 0.3) is 0 Å². The van der Waals surface area contributed by atoms with E-state index >= 15 is 0 Å². The lowest BCUT2D eigenvalue weighted by Crippen LogP contribution is -2.70. The summed E-state index contributed by atoms with van der Waals surface area (Å²) in [5.41, 5.74) is 0. The molecule has 0 aromatic carbocycles. The molecule has 0 aromatic rings. The Balaban J connectivity index is 1.78. The van der Waals surface area contributed by atoms with Gasteiger partial charge in [0.2, 0.25) is 11.8 Å². The molecule has 3 rings (SSSR count). The van der Waals surface area contributed by atoms with Crippen LogP contribution in [0.15, 0.2) is 0 Å². The Morgan fingerprint density at radius 1 is 0.700 bits per heavy atom. The van der Waals surface area contributed by atoms with Gasteiger partial charge in [0.05, 0.1) is 25.9 Å². The number of ether oxygens (including phenoxy) is 5. The Hall–Kier alpha value is -1.62. The highest BCUT2D eigenvalue weighted by atomic mass is 16.7. The first kappa shape index (κ1) is 32.9. The standard InChI is InChI=1S/C22H37N2O16/c1-6(27)23-11-16(32)13(29)8(3-25)38-21(11)36-5-10-15(31)19(12(20(35)37-10)24-7(2)28)40-22-18(34)17(33)14(30)9(4-26)39-22/h8-22,25-26,29-34H,3-5H2,1-2H3,(H,23,27)(H,24,28)/q-1/t8-,9-,10-,11-,12-,13-,14+,15+,16-,17+,18-,19-,20+,21-,22+/m1/s1. The first-order valence-corrected chi connectivity index (χ1v) is 12.5. The molecule has 0 aromatic heterocycles. The zero-order valence-corrected chi connectivity index (χ0v) is 21.6. The molecule has 0 unspecified atom stereocenters. The Kier molecular flexibility index (Phi) is 11.5. The fraction of sp³-hybridized carbons (Fsp3) is 0.909. The lowest BCUT2D eigenvalue weighted by atomic mass is 9.95. The third-order valence-corrected chi connectivity index (χ3v) is 6.86. The van der Waals surface area contributed by atoms with E-state index in [2.05, 4.69) is 10.6 Å². The molecule has 0 spiro atoms. The minimum absolute atomic E-state index is 0.615. The third kappa shape index (κ3) is 7.23. The van der Waals surface area contributed by atoms with Gasteiger partial charge in [-0.1, -0.05) is 0 Å². The monoisotopic (exact) mass is 585 g/mol. The molecule has 232 valence electrons. The van der Waals surface area contributed by atoms with E-state index in [1.807, 2.05) is 0 Å². The fourth-order valence-electron chi connectivity index (χ4n) is 4.74. The largest absolute Gasteiger partial charge is 0.829 e. The topological polar surface area (TPSA) is 289 Å². The molecule has 3 saturated heterocycles. The predicted octanol–water partition coefficient (Wildman–Crippen LogP) is -7.92. The molecule has 2 amide bonds. The van der Waals surface area contributed by atoms with E-state index < -0.39 is 124 Å². The van der Waals surface area contributed by atoms with E-state index in [1.165, 1.54) is 0 Å². The van der Waals surface area contributed by atoms with Crippen molar-refractivity contribution in [2.75, 3.05) is 19.8 Å². The van der Waals surface area contributed by atoms with Gasteiger partial charge < -0.3 is 80.3 Å². The summed E-state index contributed by atoms with van der Waals surface area (Å²) >= 11 is 0. The molecule has 18 heteroatoms. The zero-order valence-electron chi connectivity index (χ0n) is 21.6. The Morgan fingerprint density at radius 2 is 1.23 bits per heavy atom. The second-order valence-corrected chi connectivity index (χ2v) is 9.82. The SMILES string of the molecule is CC(=O)N[C@@H]1[C@@H](O[C@@H]2O[C@H](CO)[C@H](O)[C@H](O)[C@H]2O)[C@@H](O)[C@@H](CO[C@@H]2O[C@H](CO)[C@@H](O)[C@H](O)[C@H]2NC(C)=O)O[C@@H]1[O-]. The summed E-state index contributed by atoms with van der Waals surface area (Å²) in [6.07, 6.45) is -21.6. The van der Waals surface area contributed by atoms with Gasteiger partial charge in [0.1, 0.15) is 67.1 Å². The Labute approximate surface area is 228 Å². The minimum Gasteiger partial charge on any atom is -0.829 e. The van der Waals surface area contributed by atoms with Crippen molar-refractivity contribution >= 4 is 11.8 Å². The van der Waals surface area contributed by atoms with Crippen molar-refractivity contribution in [2.45, 2.75) is 106 Å². The van der Waals surface area contributed by atoms with Gasteiger partial charge in [0.15, 0.2) is 12.6 Å². The molecule has 0 bridgehead atoms. The normalized spacial score (nSPS) is 46.0. The predicted molar refractivity (Wildman–Crippen MR) is 122 cm³/mol. The minimum atomic E-state index is -2.08. The van der Waals surface area contributed by atoms with E-state index in [4.69, 9.17) is 23.7 Å². The number of carbonyl (C=O) groups excluding carboxylic acids is 2. The van der Waals surface area contributed by atoms with Crippen LogP contribution in [0, 0.1) is 0 Å². The van der Waals surface area contributed by atoms with Gasteiger partial charge in [-0.05, 0) is 0 Å². The van der Waals surface area contributed by atoms with Crippen molar-refractivity contribution in [3.05, 3.63) is 0 Å². The molecule has 40 heavy (non-hydrogen) atoms. The summed E-state index contributed by atoms with van der Waals surface area (Å²) in [5.74, 6) is -1.31. The van der Waals surface area contributed by atoms with Crippen LogP contribution in [0.3, 0.4) is 0 Å².